The minimum absolute atomic E-state index is 0.0966. The Morgan fingerprint density at radius 1 is 1.14 bits per heavy atom. The first-order valence-electron chi connectivity index (χ1n) is 7.20. The highest BCUT2D eigenvalue weighted by atomic mass is 16.2. The molecule has 1 heterocycles. The number of hydrogen-bond acceptors (Lipinski definition) is 3. The topological polar surface area (TPSA) is 70.2 Å². The second-order valence-corrected chi connectivity index (χ2v) is 5.28. The predicted molar refractivity (Wildman–Crippen MR) is 84.2 cm³/mol. The van der Waals surface area contributed by atoms with Crippen LogP contribution in [0.4, 0.5) is 11.4 Å². The Morgan fingerprint density at radius 2 is 1.86 bits per heavy atom. The number of nitrogens with one attached hydrogen (secondary N) is 3. The third-order valence-corrected chi connectivity index (χ3v) is 3.38. The van der Waals surface area contributed by atoms with E-state index in [1.54, 1.807) is 0 Å². The van der Waals surface area contributed by atoms with Crippen molar-refractivity contribution in [3.63, 3.8) is 0 Å². The molecule has 3 N–H and O–H groups in total. The van der Waals surface area contributed by atoms with Gasteiger partial charge in [-0.25, -0.2) is 0 Å². The highest BCUT2D eigenvalue weighted by molar-refractivity contribution is 6.29. The molecule has 0 aliphatic carbocycles. The van der Waals surface area contributed by atoms with Crippen LogP contribution in [0.15, 0.2) is 23.9 Å². The number of carbonyl (C=O) groups is 2. The number of fused-ring (bicyclic) bond motifs is 1. The van der Waals surface area contributed by atoms with Crippen LogP contribution in [0.3, 0.4) is 0 Å². The number of benzene rings is 1. The van der Waals surface area contributed by atoms with Crippen LogP contribution in [0.5, 0.6) is 0 Å². The summed E-state index contributed by atoms with van der Waals surface area (Å²) in [5.41, 5.74) is 3.37. The molecule has 1 aromatic rings. The molecular weight excluding hydrogens is 266 g/mol. The molecule has 0 bridgehead atoms. The number of aryl methyl sites for hydroxylation is 2. The fourth-order valence-corrected chi connectivity index (χ4v) is 2.29. The number of anilines is 2. The SMILES string of the molecule is CCCCNC=C1C(=O)Nc2cc(C)cc(C)c2NC1=O. The normalized spacial score (nSPS) is 16.0. The van der Waals surface area contributed by atoms with Crippen molar-refractivity contribution >= 4 is 23.2 Å². The van der Waals surface area contributed by atoms with E-state index in [1.165, 1.54) is 6.20 Å². The second-order valence-electron chi connectivity index (χ2n) is 5.28. The minimum atomic E-state index is -0.389. The zero-order valence-corrected chi connectivity index (χ0v) is 12.7. The Bertz CT molecular complexity index is 606. The quantitative estimate of drug-likeness (QED) is 0.452. The molecule has 0 unspecified atom stereocenters. The van der Waals surface area contributed by atoms with Gasteiger partial charge in [0.1, 0.15) is 5.57 Å². The van der Waals surface area contributed by atoms with Crippen LogP contribution in [0.2, 0.25) is 0 Å². The van der Waals surface area contributed by atoms with Gasteiger partial charge in [0.05, 0.1) is 11.4 Å². The van der Waals surface area contributed by atoms with Crippen LogP contribution in [-0.4, -0.2) is 18.4 Å². The molecule has 1 aliphatic heterocycles. The first kappa shape index (κ1) is 15.1. The molecule has 0 aromatic heterocycles. The van der Waals surface area contributed by atoms with Gasteiger partial charge in [-0.3, -0.25) is 9.59 Å². The Hall–Kier alpha value is -2.30. The molecule has 1 aliphatic rings. The number of hydrogen-bond donors (Lipinski definition) is 3. The Balaban J connectivity index is 2.27. The molecule has 0 radical (unpaired) electrons. The summed E-state index contributed by atoms with van der Waals surface area (Å²) in [7, 11) is 0. The molecule has 0 saturated heterocycles. The lowest BCUT2D eigenvalue weighted by atomic mass is 10.1. The van der Waals surface area contributed by atoms with Gasteiger partial charge in [-0.2, -0.15) is 0 Å². The van der Waals surface area contributed by atoms with Crippen molar-refractivity contribution in [1.29, 1.82) is 0 Å². The Morgan fingerprint density at radius 3 is 2.57 bits per heavy atom. The van der Waals surface area contributed by atoms with Gasteiger partial charge in [-0.15, -0.1) is 0 Å². The van der Waals surface area contributed by atoms with Crippen LogP contribution in [0.25, 0.3) is 0 Å². The van der Waals surface area contributed by atoms with Gasteiger partial charge in [0.25, 0.3) is 11.8 Å². The van der Waals surface area contributed by atoms with Crippen molar-refractivity contribution in [2.24, 2.45) is 0 Å². The molecule has 2 rings (SSSR count). The maximum absolute atomic E-state index is 12.2. The fraction of sp³-hybridized carbons (Fsp3) is 0.375. The van der Waals surface area contributed by atoms with Gasteiger partial charge in [-0.1, -0.05) is 19.4 Å². The molecule has 0 atom stereocenters. The minimum Gasteiger partial charge on any atom is -0.390 e. The molecule has 5 nitrogen and oxygen atoms in total. The fourth-order valence-electron chi connectivity index (χ4n) is 2.29. The van der Waals surface area contributed by atoms with Crippen molar-refractivity contribution in [2.45, 2.75) is 33.6 Å². The summed E-state index contributed by atoms with van der Waals surface area (Å²) >= 11 is 0. The average molecular weight is 287 g/mol. The lowest BCUT2D eigenvalue weighted by Crippen LogP contribution is -2.24. The Labute approximate surface area is 124 Å². The number of rotatable bonds is 4. The van der Waals surface area contributed by atoms with E-state index in [1.807, 2.05) is 26.0 Å². The van der Waals surface area contributed by atoms with Crippen LogP contribution in [0.1, 0.15) is 30.9 Å². The first-order chi connectivity index (χ1) is 10.0. The van der Waals surface area contributed by atoms with E-state index in [0.717, 1.165) is 30.5 Å². The van der Waals surface area contributed by atoms with Gasteiger partial charge >= 0.3 is 0 Å². The molecule has 0 spiro atoms. The zero-order valence-electron chi connectivity index (χ0n) is 12.7. The molecule has 21 heavy (non-hydrogen) atoms. The van der Waals surface area contributed by atoms with Crippen molar-refractivity contribution < 1.29 is 9.59 Å². The summed E-state index contributed by atoms with van der Waals surface area (Å²) < 4.78 is 0. The monoisotopic (exact) mass is 287 g/mol. The van der Waals surface area contributed by atoms with Gasteiger partial charge in [0, 0.05) is 12.7 Å². The zero-order chi connectivity index (χ0) is 15.4. The van der Waals surface area contributed by atoms with Gasteiger partial charge in [0.15, 0.2) is 0 Å². The maximum atomic E-state index is 12.2. The average Bonchev–Trinajstić information content (AvgIpc) is 2.53. The predicted octanol–water partition coefficient (Wildman–Crippen LogP) is 2.47. The van der Waals surface area contributed by atoms with Crippen LogP contribution < -0.4 is 16.0 Å². The molecule has 1 aromatic carbocycles. The van der Waals surface area contributed by atoms with Crippen LogP contribution in [0, 0.1) is 13.8 Å². The molecular formula is C16H21N3O2. The van der Waals surface area contributed by atoms with Crippen LogP contribution >= 0.6 is 0 Å². The third-order valence-electron chi connectivity index (χ3n) is 3.38. The number of unbranched alkanes of at least 4 members (excludes halogenated alkanes) is 1. The summed E-state index contributed by atoms with van der Waals surface area (Å²) in [6.07, 6.45) is 3.54. The largest absolute Gasteiger partial charge is 0.390 e. The highest BCUT2D eigenvalue weighted by Crippen LogP contribution is 2.30. The summed E-state index contributed by atoms with van der Waals surface area (Å²) in [5.74, 6) is -0.776. The standard InChI is InChI=1S/C16H21N3O2/c1-4-5-6-17-9-12-15(20)18-13-8-10(2)7-11(3)14(13)19-16(12)21/h7-9,17H,4-6H2,1-3H3,(H,18,20)(H,19,21). The highest BCUT2D eigenvalue weighted by Gasteiger charge is 2.25. The lowest BCUT2D eigenvalue weighted by molar-refractivity contribution is -0.118. The van der Waals surface area contributed by atoms with E-state index in [-0.39, 0.29) is 17.4 Å². The third kappa shape index (κ3) is 3.42. The molecule has 112 valence electrons. The Kier molecular flexibility index (Phi) is 4.62. The summed E-state index contributed by atoms with van der Waals surface area (Å²) in [6.45, 7) is 6.69. The van der Waals surface area contributed by atoms with Crippen LogP contribution in [-0.2, 0) is 9.59 Å². The van der Waals surface area contributed by atoms with Gasteiger partial charge < -0.3 is 16.0 Å². The van der Waals surface area contributed by atoms with Crippen molar-refractivity contribution in [3.8, 4) is 0 Å². The summed E-state index contributed by atoms with van der Waals surface area (Å²) in [5, 5.41) is 8.62. The van der Waals surface area contributed by atoms with Gasteiger partial charge in [0.2, 0.25) is 0 Å². The van der Waals surface area contributed by atoms with Crippen molar-refractivity contribution in [2.75, 3.05) is 17.2 Å². The van der Waals surface area contributed by atoms with E-state index < -0.39 is 0 Å². The van der Waals surface area contributed by atoms with E-state index >= 15 is 0 Å². The smallest absolute Gasteiger partial charge is 0.262 e. The lowest BCUT2D eigenvalue weighted by Gasteiger charge is -2.10. The maximum Gasteiger partial charge on any atom is 0.262 e. The summed E-state index contributed by atoms with van der Waals surface area (Å²) in [4.78, 5) is 24.4. The van der Waals surface area contributed by atoms with Crippen molar-refractivity contribution in [1.82, 2.24) is 5.32 Å². The second kappa shape index (κ2) is 6.43. The van der Waals surface area contributed by atoms with Gasteiger partial charge in [-0.05, 0) is 37.5 Å². The first-order valence-corrected chi connectivity index (χ1v) is 7.20. The molecule has 2 amide bonds. The number of carbonyl (C=O) groups excluding carboxylic acids is 2. The van der Waals surface area contributed by atoms with Crippen molar-refractivity contribution in [3.05, 3.63) is 35.0 Å². The number of amides is 2. The van der Waals surface area contributed by atoms with E-state index in [9.17, 15) is 9.59 Å². The molecule has 0 fully saturated rings. The van der Waals surface area contributed by atoms with E-state index in [0.29, 0.717) is 11.4 Å². The summed E-state index contributed by atoms with van der Waals surface area (Å²) in [6, 6.07) is 3.83. The molecule has 0 saturated carbocycles. The van der Waals surface area contributed by atoms with E-state index in [2.05, 4.69) is 22.9 Å². The van der Waals surface area contributed by atoms with E-state index in [4.69, 9.17) is 0 Å². The molecule has 5 heteroatoms.